The number of amides is 1. The van der Waals surface area contributed by atoms with Gasteiger partial charge in [-0.3, -0.25) is 9.80 Å². The maximum absolute atomic E-state index is 13.0. The molecule has 2 aromatic heterocycles. The molecule has 0 saturated heterocycles. The van der Waals surface area contributed by atoms with Gasteiger partial charge in [0.25, 0.3) is 5.91 Å². The molecule has 140 valence electrons. The van der Waals surface area contributed by atoms with Gasteiger partial charge >= 0.3 is 0 Å². The van der Waals surface area contributed by atoms with Crippen molar-refractivity contribution in [2.75, 3.05) is 24.9 Å². The Kier molecular flexibility index (Phi) is 4.19. The van der Waals surface area contributed by atoms with Crippen LogP contribution < -0.4 is 5.01 Å². The van der Waals surface area contributed by atoms with Crippen LogP contribution in [0.3, 0.4) is 0 Å². The summed E-state index contributed by atoms with van der Waals surface area (Å²) >= 11 is 3.33. The van der Waals surface area contributed by atoms with E-state index >= 15 is 0 Å². The van der Waals surface area contributed by atoms with E-state index in [4.69, 9.17) is 0 Å². The Morgan fingerprint density at radius 1 is 1.30 bits per heavy atom. The molecule has 0 atom stereocenters. The minimum Gasteiger partial charge on any atom is -0.285 e. The highest BCUT2D eigenvalue weighted by Gasteiger charge is 2.30. The summed E-state index contributed by atoms with van der Waals surface area (Å²) in [5, 5.41) is 7.55. The summed E-state index contributed by atoms with van der Waals surface area (Å²) in [6.07, 6.45) is 5.02. The second kappa shape index (κ2) is 6.31. The van der Waals surface area contributed by atoms with Gasteiger partial charge in [-0.15, -0.1) is 0 Å². The number of rotatable bonds is 2. The van der Waals surface area contributed by atoms with E-state index in [0.29, 0.717) is 29.2 Å². The number of benzene rings is 1. The predicted octanol–water partition coefficient (Wildman–Crippen LogP) is 1.95. The Morgan fingerprint density at radius 2 is 2.07 bits per heavy atom. The molecule has 27 heavy (non-hydrogen) atoms. The first kappa shape index (κ1) is 17.9. The van der Waals surface area contributed by atoms with Gasteiger partial charge in [-0.2, -0.15) is 5.10 Å². The van der Waals surface area contributed by atoms with Gasteiger partial charge in [-0.1, -0.05) is 6.07 Å². The van der Waals surface area contributed by atoms with Crippen LogP contribution in [0, 0.1) is 0 Å². The van der Waals surface area contributed by atoms with Crippen molar-refractivity contribution in [2.45, 2.75) is 11.3 Å². The summed E-state index contributed by atoms with van der Waals surface area (Å²) in [6, 6.07) is 6.73. The van der Waals surface area contributed by atoms with E-state index in [9.17, 15) is 13.2 Å². The van der Waals surface area contributed by atoms with Gasteiger partial charge in [0.15, 0.2) is 21.2 Å². The lowest BCUT2D eigenvalue weighted by Crippen LogP contribution is -2.49. The van der Waals surface area contributed by atoms with Crippen molar-refractivity contribution in [1.82, 2.24) is 19.6 Å². The zero-order valence-corrected chi connectivity index (χ0v) is 17.0. The summed E-state index contributed by atoms with van der Waals surface area (Å²) in [4.78, 5) is 17.5. The largest absolute Gasteiger partial charge is 0.292 e. The molecule has 10 heteroatoms. The van der Waals surface area contributed by atoms with Crippen LogP contribution in [0.2, 0.25) is 0 Å². The lowest BCUT2D eigenvalue weighted by Gasteiger charge is -2.38. The molecule has 0 radical (unpaired) electrons. The van der Waals surface area contributed by atoms with Gasteiger partial charge in [0.05, 0.1) is 15.1 Å². The van der Waals surface area contributed by atoms with Crippen LogP contribution in [0.1, 0.15) is 16.1 Å². The monoisotopic (exact) mass is 449 g/mol. The van der Waals surface area contributed by atoms with Crippen molar-refractivity contribution in [1.29, 1.82) is 0 Å². The highest BCUT2D eigenvalue weighted by molar-refractivity contribution is 9.10. The Morgan fingerprint density at radius 3 is 2.81 bits per heavy atom. The number of carbonyl (C=O) groups is 1. The predicted molar refractivity (Wildman–Crippen MR) is 103 cm³/mol. The number of nitrogens with zero attached hydrogens (tertiary/aromatic N) is 5. The molecule has 0 N–H and O–H groups in total. The van der Waals surface area contributed by atoms with E-state index in [1.807, 2.05) is 6.07 Å². The van der Waals surface area contributed by atoms with Crippen LogP contribution in [-0.2, 0) is 16.3 Å². The Hall–Kier alpha value is -2.46. The molecule has 1 aromatic carbocycles. The molecule has 0 bridgehead atoms. The van der Waals surface area contributed by atoms with Crippen molar-refractivity contribution < 1.29 is 13.2 Å². The molecular formula is C17H16BrN5O3S. The topological polar surface area (TPSA) is 87.9 Å². The highest BCUT2D eigenvalue weighted by atomic mass is 79.9. The van der Waals surface area contributed by atoms with E-state index in [2.05, 4.69) is 26.0 Å². The number of sulfone groups is 1. The standard InChI is InChI=1S/C17H16BrN5O3S/c1-21-14-4-3-5-15(27(2,25)26)12(14)6-7-23(21)17(24)13-8-16-19-9-11(18)10-22(16)20-13/h3-5,8-10H,6-7H2,1-2H3. The van der Waals surface area contributed by atoms with Crippen molar-refractivity contribution in [3.63, 3.8) is 0 Å². The van der Waals surface area contributed by atoms with Gasteiger partial charge in [0, 0.05) is 38.3 Å². The number of hydrogen-bond donors (Lipinski definition) is 0. The number of aromatic nitrogens is 3. The average Bonchev–Trinajstić information content (AvgIpc) is 3.03. The van der Waals surface area contributed by atoms with Crippen LogP contribution in [0.4, 0.5) is 5.69 Å². The summed E-state index contributed by atoms with van der Waals surface area (Å²) < 4.78 is 26.4. The van der Waals surface area contributed by atoms with E-state index in [-0.39, 0.29) is 11.6 Å². The van der Waals surface area contributed by atoms with Crippen molar-refractivity contribution in [3.05, 3.63) is 52.4 Å². The summed E-state index contributed by atoms with van der Waals surface area (Å²) in [7, 11) is -1.59. The van der Waals surface area contributed by atoms with E-state index in [1.165, 1.54) is 10.8 Å². The third kappa shape index (κ3) is 3.08. The number of hydrogen-bond acceptors (Lipinski definition) is 6. The molecule has 0 saturated carbocycles. The molecule has 4 rings (SSSR count). The summed E-state index contributed by atoms with van der Waals surface area (Å²) in [5.74, 6) is -0.269. The van der Waals surface area contributed by atoms with Gasteiger partial charge in [0.2, 0.25) is 0 Å². The fourth-order valence-electron chi connectivity index (χ4n) is 3.28. The Balaban J connectivity index is 1.71. The second-order valence-corrected chi connectivity index (χ2v) is 9.23. The van der Waals surface area contributed by atoms with Crippen LogP contribution in [0.15, 0.2) is 46.0 Å². The van der Waals surface area contributed by atoms with E-state index in [0.717, 1.165) is 10.0 Å². The first-order valence-corrected chi connectivity index (χ1v) is 10.8. The van der Waals surface area contributed by atoms with Gasteiger partial charge < -0.3 is 0 Å². The third-order valence-electron chi connectivity index (χ3n) is 4.53. The molecule has 1 amide bonds. The third-order valence-corrected chi connectivity index (χ3v) is 6.12. The number of carbonyl (C=O) groups excluding carboxylic acids is 1. The van der Waals surface area contributed by atoms with Crippen LogP contribution in [-0.4, -0.2) is 53.8 Å². The fourth-order valence-corrected chi connectivity index (χ4v) is 4.56. The molecule has 0 aliphatic carbocycles. The number of anilines is 1. The molecule has 3 heterocycles. The molecule has 3 aromatic rings. The number of halogens is 1. The lowest BCUT2D eigenvalue weighted by molar-refractivity contribution is 0.0731. The normalized spacial score (nSPS) is 14.5. The number of fused-ring (bicyclic) bond motifs is 2. The van der Waals surface area contributed by atoms with Gasteiger partial charge in [-0.25, -0.2) is 22.9 Å². The lowest BCUT2D eigenvalue weighted by atomic mass is 10.1. The quantitative estimate of drug-likeness (QED) is 0.593. The smallest absolute Gasteiger partial charge is 0.285 e. The zero-order chi connectivity index (χ0) is 19.3. The average molecular weight is 450 g/mol. The summed E-state index contributed by atoms with van der Waals surface area (Å²) in [6.45, 7) is 0.361. The maximum Gasteiger partial charge on any atom is 0.292 e. The Bertz CT molecular complexity index is 1170. The van der Waals surface area contributed by atoms with E-state index < -0.39 is 9.84 Å². The minimum absolute atomic E-state index is 0.269. The molecule has 0 spiro atoms. The Labute approximate surface area is 164 Å². The minimum atomic E-state index is -3.34. The maximum atomic E-state index is 13.0. The first-order valence-electron chi connectivity index (χ1n) is 8.14. The molecule has 0 unspecified atom stereocenters. The molecule has 1 aliphatic rings. The number of hydrazine groups is 1. The van der Waals surface area contributed by atoms with Crippen molar-refractivity contribution in [2.24, 2.45) is 0 Å². The van der Waals surface area contributed by atoms with Crippen molar-refractivity contribution in [3.8, 4) is 0 Å². The van der Waals surface area contributed by atoms with E-state index in [1.54, 1.807) is 47.7 Å². The molecule has 8 nitrogen and oxygen atoms in total. The van der Waals surface area contributed by atoms with Gasteiger partial charge in [-0.05, 0) is 40.0 Å². The highest BCUT2D eigenvalue weighted by Crippen LogP contribution is 2.32. The fraction of sp³-hybridized carbons (Fsp3) is 0.235. The first-order chi connectivity index (χ1) is 12.8. The molecular weight excluding hydrogens is 434 g/mol. The van der Waals surface area contributed by atoms with Crippen LogP contribution >= 0.6 is 15.9 Å². The second-order valence-electron chi connectivity index (χ2n) is 6.33. The molecule has 1 aliphatic heterocycles. The summed E-state index contributed by atoms with van der Waals surface area (Å²) in [5.41, 5.74) is 2.27. The van der Waals surface area contributed by atoms with Crippen LogP contribution in [0.5, 0.6) is 0 Å². The van der Waals surface area contributed by atoms with Crippen molar-refractivity contribution >= 4 is 43.0 Å². The SMILES string of the molecule is CN1c2cccc(S(C)(=O)=O)c2CCN1C(=O)c1cc2ncc(Br)cn2n1. The van der Waals surface area contributed by atoms with Gasteiger partial charge in [0.1, 0.15) is 0 Å². The van der Waals surface area contributed by atoms with Crippen LogP contribution in [0.25, 0.3) is 5.65 Å². The zero-order valence-electron chi connectivity index (χ0n) is 14.6. The molecule has 0 fully saturated rings.